The number of aromatic hydroxyl groups is 1. The Balaban J connectivity index is 2.66. The average Bonchev–Trinajstić information content (AvgIpc) is 2.49. The van der Waals surface area contributed by atoms with Gasteiger partial charge in [0.2, 0.25) is 11.6 Å². The first-order valence-corrected chi connectivity index (χ1v) is 6.79. The van der Waals surface area contributed by atoms with E-state index in [-0.39, 0.29) is 6.54 Å². The van der Waals surface area contributed by atoms with E-state index in [0.29, 0.717) is 12.5 Å². The lowest BCUT2D eigenvalue weighted by Gasteiger charge is -2.14. The minimum absolute atomic E-state index is 0.351. The van der Waals surface area contributed by atoms with Crippen LogP contribution in [0.5, 0.6) is 5.75 Å². The summed E-state index contributed by atoms with van der Waals surface area (Å²) in [5.41, 5.74) is -0.750. The molecule has 2 N–H and O–H groups in total. The van der Waals surface area contributed by atoms with Gasteiger partial charge in [0.1, 0.15) is 0 Å². The van der Waals surface area contributed by atoms with Crippen LogP contribution in [0.2, 0.25) is 0 Å². The van der Waals surface area contributed by atoms with Crippen LogP contribution in [-0.4, -0.2) is 11.7 Å². The summed E-state index contributed by atoms with van der Waals surface area (Å²) in [6.07, 6.45) is 4.34. The third-order valence-corrected chi connectivity index (χ3v) is 3.44. The van der Waals surface area contributed by atoms with Crippen LogP contribution in [0.1, 0.15) is 31.7 Å². The first kappa shape index (κ1) is 17.5. The lowest BCUT2D eigenvalue weighted by Crippen LogP contribution is -2.20. The molecule has 1 unspecified atom stereocenters. The predicted molar refractivity (Wildman–Crippen MR) is 72.9 cm³/mol. The highest BCUT2D eigenvalue weighted by molar-refractivity contribution is 5.33. The summed E-state index contributed by atoms with van der Waals surface area (Å²) < 4.78 is 53.3. The van der Waals surface area contributed by atoms with Gasteiger partial charge in [-0.1, -0.05) is 19.4 Å². The maximum atomic E-state index is 13.5. The largest absolute Gasteiger partial charge is 0.503 e. The Kier molecular flexibility index (Phi) is 6.68. The standard InChI is InChI=1S/C15H19F4NO/c1-3-5-9(4-2)6-7-20-8-10-11(16)13(18)15(21)14(19)12(10)17/h3,9,20-21H,1,4-8H2,2H3. The fourth-order valence-corrected chi connectivity index (χ4v) is 2.06. The number of hydrogen-bond donors (Lipinski definition) is 2. The summed E-state index contributed by atoms with van der Waals surface area (Å²) in [5.74, 6) is -7.93. The molecule has 21 heavy (non-hydrogen) atoms. The molecule has 0 aliphatic carbocycles. The fraction of sp³-hybridized carbons (Fsp3) is 0.467. The second-order valence-electron chi connectivity index (χ2n) is 4.85. The molecule has 0 radical (unpaired) electrons. The summed E-state index contributed by atoms with van der Waals surface area (Å²) in [6.45, 7) is 5.78. The number of allylic oxidation sites excluding steroid dienone is 1. The smallest absolute Gasteiger partial charge is 0.204 e. The highest BCUT2D eigenvalue weighted by Crippen LogP contribution is 2.28. The van der Waals surface area contributed by atoms with Crippen LogP contribution < -0.4 is 5.32 Å². The van der Waals surface area contributed by atoms with Crippen LogP contribution >= 0.6 is 0 Å². The minimum atomic E-state index is -1.77. The SMILES string of the molecule is C=CCC(CC)CCNCc1c(F)c(F)c(O)c(F)c1F. The normalized spacial score (nSPS) is 12.4. The van der Waals surface area contributed by atoms with E-state index in [1.54, 1.807) is 6.08 Å². The molecule has 0 aliphatic rings. The highest BCUT2D eigenvalue weighted by atomic mass is 19.2. The molecule has 0 bridgehead atoms. The van der Waals surface area contributed by atoms with Crippen LogP contribution in [0.25, 0.3) is 0 Å². The Hall–Kier alpha value is -1.56. The summed E-state index contributed by atoms with van der Waals surface area (Å²) in [5, 5.41) is 11.6. The molecule has 0 fully saturated rings. The molecular weight excluding hydrogens is 286 g/mol. The van der Waals surface area contributed by atoms with Crippen molar-refractivity contribution < 1.29 is 22.7 Å². The lowest BCUT2D eigenvalue weighted by molar-refractivity contribution is 0.348. The van der Waals surface area contributed by atoms with Crippen molar-refractivity contribution >= 4 is 0 Å². The summed E-state index contributed by atoms with van der Waals surface area (Å²) in [7, 11) is 0. The number of hydrogen-bond acceptors (Lipinski definition) is 2. The van der Waals surface area contributed by atoms with Gasteiger partial charge in [0, 0.05) is 12.1 Å². The summed E-state index contributed by atoms with van der Waals surface area (Å²) in [6, 6.07) is 0. The Morgan fingerprint density at radius 1 is 1.14 bits per heavy atom. The van der Waals surface area contributed by atoms with E-state index in [0.717, 1.165) is 19.3 Å². The second kappa shape index (κ2) is 8.02. The molecule has 0 saturated heterocycles. The van der Waals surface area contributed by atoms with E-state index in [1.165, 1.54) is 0 Å². The average molecular weight is 305 g/mol. The fourth-order valence-electron chi connectivity index (χ4n) is 2.06. The third-order valence-electron chi connectivity index (χ3n) is 3.44. The third kappa shape index (κ3) is 4.20. The molecule has 0 aliphatic heterocycles. The highest BCUT2D eigenvalue weighted by Gasteiger charge is 2.24. The van der Waals surface area contributed by atoms with Crippen molar-refractivity contribution in [1.29, 1.82) is 0 Å². The van der Waals surface area contributed by atoms with E-state index in [2.05, 4.69) is 11.9 Å². The number of nitrogens with one attached hydrogen (secondary N) is 1. The van der Waals surface area contributed by atoms with E-state index >= 15 is 0 Å². The number of rotatable bonds is 8. The van der Waals surface area contributed by atoms with Gasteiger partial charge in [0.25, 0.3) is 0 Å². The van der Waals surface area contributed by atoms with Crippen molar-refractivity contribution in [3.63, 3.8) is 0 Å². The molecule has 1 aromatic rings. The van der Waals surface area contributed by atoms with Gasteiger partial charge in [-0.3, -0.25) is 0 Å². The molecular formula is C15H19F4NO. The molecule has 118 valence electrons. The van der Waals surface area contributed by atoms with Gasteiger partial charge >= 0.3 is 0 Å². The minimum Gasteiger partial charge on any atom is -0.503 e. The number of halogens is 4. The van der Waals surface area contributed by atoms with Crippen LogP contribution in [0, 0.1) is 29.2 Å². The van der Waals surface area contributed by atoms with Crippen molar-refractivity contribution in [2.75, 3.05) is 6.54 Å². The van der Waals surface area contributed by atoms with Crippen LogP contribution in [0.15, 0.2) is 12.7 Å². The Morgan fingerprint density at radius 3 is 2.19 bits per heavy atom. The maximum absolute atomic E-state index is 13.5. The molecule has 0 amide bonds. The van der Waals surface area contributed by atoms with Crippen LogP contribution in [0.4, 0.5) is 17.6 Å². The van der Waals surface area contributed by atoms with Crippen LogP contribution in [-0.2, 0) is 6.54 Å². The van der Waals surface area contributed by atoms with Crippen molar-refractivity contribution in [3.8, 4) is 5.75 Å². The summed E-state index contributed by atoms with van der Waals surface area (Å²) in [4.78, 5) is 0. The van der Waals surface area contributed by atoms with E-state index < -0.39 is 34.6 Å². The van der Waals surface area contributed by atoms with E-state index in [4.69, 9.17) is 5.11 Å². The van der Waals surface area contributed by atoms with Crippen molar-refractivity contribution in [1.82, 2.24) is 5.32 Å². The topological polar surface area (TPSA) is 32.3 Å². The summed E-state index contributed by atoms with van der Waals surface area (Å²) >= 11 is 0. The van der Waals surface area contributed by atoms with Crippen LogP contribution in [0.3, 0.4) is 0 Å². The first-order chi connectivity index (χ1) is 9.93. The quantitative estimate of drug-likeness (QED) is 0.329. The molecule has 0 aromatic heterocycles. The number of phenolic OH excluding ortho intramolecular Hbond substituents is 1. The zero-order valence-electron chi connectivity index (χ0n) is 11.9. The second-order valence-corrected chi connectivity index (χ2v) is 4.85. The van der Waals surface area contributed by atoms with Gasteiger partial charge in [-0.15, -0.1) is 6.58 Å². The lowest BCUT2D eigenvalue weighted by atomic mass is 9.98. The van der Waals surface area contributed by atoms with Gasteiger partial charge in [0.05, 0.1) is 0 Å². The zero-order valence-corrected chi connectivity index (χ0v) is 11.9. The number of phenols is 1. The predicted octanol–water partition coefficient (Wildman–Crippen LogP) is 4.03. The van der Waals surface area contributed by atoms with Crippen molar-refractivity contribution in [2.45, 2.75) is 32.7 Å². The van der Waals surface area contributed by atoms with Crippen molar-refractivity contribution in [3.05, 3.63) is 41.5 Å². The van der Waals surface area contributed by atoms with Gasteiger partial charge in [-0.2, -0.15) is 8.78 Å². The molecule has 1 atom stereocenters. The number of benzene rings is 1. The first-order valence-electron chi connectivity index (χ1n) is 6.79. The van der Waals surface area contributed by atoms with Gasteiger partial charge in [-0.25, -0.2) is 8.78 Å². The Labute approximate surface area is 121 Å². The molecule has 1 rings (SSSR count). The molecule has 0 spiro atoms. The van der Waals surface area contributed by atoms with Gasteiger partial charge in [-0.05, 0) is 25.3 Å². The van der Waals surface area contributed by atoms with E-state index in [9.17, 15) is 17.6 Å². The molecule has 0 heterocycles. The molecule has 2 nitrogen and oxygen atoms in total. The molecule has 1 aromatic carbocycles. The van der Waals surface area contributed by atoms with Crippen molar-refractivity contribution in [2.24, 2.45) is 5.92 Å². The molecule has 6 heteroatoms. The van der Waals surface area contributed by atoms with Gasteiger partial charge < -0.3 is 10.4 Å². The Bertz CT molecular complexity index is 476. The van der Waals surface area contributed by atoms with Gasteiger partial charge in [0.15, 0.2) is 17.4 Å². The zero-order chi connectivity index (χ0) is 16.0. The monoisotopic (exact) mass is 305 g/mol. The maximum Gasteiger partial charge on any atom is 0.204 e. The molecule has 0 saturated carbocycles. The van der Waals surface area contributed by atoms with E-state index in [1.807, 2.05) is 6.92 Å². The Morgan fingerprint density at radius 2 is 1.71 bits per heavy atom.